The Hall–Kier alpha value is -1.35. The summed E-state index contributed by atoms with van der Waals surface area (Å²) in [6.45, 7) is 4.11. The van der Waals surface area contributed by atoms with E-state index in [4.69, 9.17) is 11.6 Å². The van der Waals surface area contributed by atoms with Gasteiger partial charge in [-0.3, -0.25) is 9.67 Å². The van der Waals surface area contributed by atoms with Gasteiger partial charge < -0.3 is 10.2 Å². The van der Waals surface area contributed by atoms with E-state index < -0.39 is 0 Å². The fourth-order valence-electron chi connectivity index (χ4n) is 2.38. The van der Waals surface area contributed by atoms with Crippen LogP contribution in [0.15, 0.2) is 35.6 Å². The number of aryl methyl sites for hydroxylation is 1. The number of halogens is 3. The molecule has 1 aromatic carbocycles. The van der Waals surface area contributed by atoms with E-state index in [0.29, 0.717) is 18.0 Å². The summed E-state index contributed by atoms with van der Waals surface area (Å²) in [6.07, 6.45) is 4.49. The topological polar surface area (TPSA) is 45.5 Å². The van der Waals surface area contributed by atoms with Crippen LogP contribution in [0.4, 0.5) is 4.39 Å². The average Bonchev–Trinajstić information content (AvgIpc) is 2.93. The van der Waals surface area contributed by atoms with E-state index in [1.165, 1.54) is 12.1 Å². The molecule has 0 aliphatic heterocycles. The minimum Gasteiger partial charge on any atom is -0.357 e. The number of aliphatic imine (C=N–C) groups is 1. The molecule has 0 saturated carbocycles. The molecule has 25 heavy (non-hydrogen) atoms. The number of rotatable bonds is 6. The van der Waals surface area contributed by atoms with Gasteiger partial charge >= 0.3 is 0 Å². The Bertz CT molecular complexity index is 704. The Balaban J connectivity index is 0.00000312. The van der Waals surface area contributed by atoms with Crippen LogP contribution in [-0.4, -0.2) is 40.8 Å². The highest BCUT2D eigenvalue weighted by Crippen LogP contribution is 2.17. The molecule has 8 heteroatoms. The summed E-state index contributed by atoms with van der Waals surface area (Å²) in [5.74, 6) is 0.497. The first kappa shape index (κ1) is 21.7. The summed E-state index contributed by atoms with van der Waals surface area (Å²) in [5.41, 5.74) is 2.01. The van der Waals surface area contributed by atoms with Crippen LogP contribution in [0.25, 0.3) is 0 Å². The van der Waals surface area contributed by atoms with E-state index in [1.807, 2.05) is 38.3 Å². The quantitative estimate of drug-likeness (QED) is 0.392. The van der Waals surface area contributed by atoms with Gasteiger partial charge in [-0.05, 0) is 31.0 Å². The average molecular weight is 480 g/mol. The summed E-state index contributed by atoms with van der Waals surface area (Å²) < 4.78 is 14.9. The van der Waals surface area contributed by atoms with Gasteiger partial charge in [0.2, 0.25) is 0 Å². The summed E-state index contributed by atoms with van der Waals surface area (Å²) in [4.78, 5) is 6.68. The van der Waals surface area contributed by atoms with Crippen molar-refractivity contribution in [1.29, 1.82) is 0 Å². The fourth-order valence-corrected chi connectivity index (χ4v) is 2.64. The number of nitrogens with one attached hydrogen (secondary N) is 1. The van der Waals surface area contributed by atoms with Crippen molar-refractivity contribution in [2.24, 2.45) is 12.0 Å². The first-order valence-electron chi connectivity index (χ1n) is 7.90. The SMILES string of the molecule is CCNC(=NCCc1ccc(F)cc1Cl)N(C)Cc1cnn(C)c1.I. The molecule has 2 rings (SSSR count). The Morgan fingerprint density at radius 3 is 2.80 bits per heavy atom. The van der Waals surface area contributed by atoms with Crippen LogP contribution in [-0.2, 0) is 20.0 Å². The van der Waals surface area contributed by atoms with Crippen molar-refractivity contribution < 1.29 is 4.39 Å². The van der Waals surface area contributed by atoms with Crippen LogP contribution in [0.5, 0.6) is 0 Å². The zero-order chi connectivity index (χ0) is 17.5. The van der Waals surface area contributed by atoms with E-state index >= 15 is 0 Å². The zero-order valence-electron chi connectivity index (χ0n) is 14.7. The normalized spacial score (nSPS) is 11.2. The number of nitrogens with zero attached hydrogens (tertiary/aromatic N) is 4. The third-order valence-electron chi connectivity index (χ3n) is 3.53. The maximum Gasteiger partial charge on any atom is 0.193 e. The van der Waals surface area contributed by atoms with Gasteiger partial charge in [0.25, 0.3) is 0 Å². The number of hydrogen-bond donors (Lipinski definition) is 1. The molecule has 0 spiro atoms. The van der Waals surface area contributed by atoms with E-state index in [0.717, 1.165) is 30.2 Å². The molecule has 0 amide bonds. The number of hydrogen-bond acceptors (Lipinski definition) is 2. The van der Waals surface area contributed by atoms with Gasteiger partial charge in [0.15, 0.2) is 5.96 Å². The lowest BCUT2D eigenvalue weighted by Crippen LogP contribution is -2.38. The second-order valence-corrected chi connectivity index (χ2v) is 6.01. The second-order valence-electron chi connectivity index (χ2n) is 5.60. The third-order valence-corrected chi connectivity index (χ3v) is 3.88. The Morgan fingerprint density at radius 2 is 2.20 bits per heavy atom. The molecule has 0 radical (unpaired) electrons. The van der Waals surface area contributed by atoms with Gasteiger partial charge in [-0.2, -0.15) is 5.10 Å². The van der Waals surface area contributed by atoms with Crippen molar-refractivity contribution in [2.75, 3.05) is 20.1 Å². The molecule has 0 unspecified atom stereocenters. The molecule has 0 bridgehead atoms. The molecule has 0 atom stereocenters. The molecule has 0 fully saturated rings. The summed E-state index contributed by atoms with van der Waals surface area (Å²) in [7, 11) is 3.88. The van der Waals surface area contributed by atoms with Crippen molar-refractivity contribution in [1.82, 2.24) is 20.0 Å². The molecule has 0 saturated heterocycles. The smallest absolute Gasteiger partial charge is 0.193 e. The van der Waals surface area contributed by atoms with E-state index in [-0.39, 0.29) is 29.8 Å². The molecule has 0 aliphatic rings. The van der Waals surface area contributed by atoms with Crippen LogP contribution in [0.2, 0.25) is 5.02 Å². The number of guanidine groups is 1. The highest BCUT2D eigenvalue weighted by atomic mass is 127. The van der Waals surface area contributed by atoms with Crippen molar-refractivity contribution in [3.63, 3.8) is 0 Å². The van der Waals surface area contributed by atoms with Gasteiger partial charge in [-0.15, -0.1) is 24.0 Å². The van der Waals surface area contributed by atoms with Gasteiger partial charge in [0.1, 0.15) is 5.82 Å². The van der Waals surface area contributed by atoms with E-state index in [2.05, 4.69) is 15.4 Å². The predicted molar refractivity (Wildman–Crippen MR) is 111 cm³/mol. The molecule has 5 nitrogen and oxygen atoms in total. The predicted octanol–water partition coefficient (Wildman–Crippen LogP) is 3.47. The monoisotopic (exact) mass is 479 g/mol. The van der Waals surface area contributed by atoms with Crippen molar-refractivity contribution in [3.05, 3.63) is 52.6 Å². The third kappa shape index (κ3) is 6.81. The lowest BCUT2D eigenvalue weighted by Gasteiger charge is -2.21. The fraction of sp³-hybridized carbons (Fsp3) is 0.412. The zero-order valence-corrected chi connectivity index (χ0v) is 17.8. The summed E-state index contributed by atoms with van der Waals surface area (Å²) in [5, 5.41) is 7.90. The Kier molecular flexibility index (Phi) is 9.20. The number of benzene rings is 1. The minimum absolute atomic E-state index is 0. The van der Waals surface area contributed by atoms with Gasteiger partial charge in [0, 0.05) is 50.5 Å². The summed E-state index contributed by atoms with van der Waals surface area (Å²) >= 11 is 6.05. The lowest BCUT2D eigenvalue weighted by molar-refractivity contribution is 0.477. The maximum absolute atomic E-state index is 13.1. The van der Waals surface area contributed by atoms with Crippen LogP contribution >= 0.6 is 35.6 Å². The molecular formula is C17H24ClFIN5. The molecule has 138 valence electrons. The van der Waals surface area contributed by atoms with Crippen LogP contribution in [0.1, 0.15) is 18.1 Å². The molecule has 1 heterocycles. The molecule has 1 aromatic heterocycles. The first-order valence-corrected chi connectivity index (χ1v) is 8.28. The van der Waals surface area contributed by atoms with E-state index in [9.17, 15) is 4.39 Å². The molecular weight excluding hydrogens is 456 g/mol. The van der Waals surface area contributed by atoms with Crippen molar-refractivity contribution in [3.8, 4) is 0 Å². The van der Waals surface area contributed by atoms with Crippen molar-refractivity contribution >= 4 is 41.5 Å². The largest absolute Gasteiger partial charge is 0.357 e. The van der Waals surface area contributed by atoms with Crippen LogP contribution < -0.4 is 5.32 Å². The Morgan fingerprint density at radius 1 is 1.44 bits per heavy atom. The van der Waals surface area contributed by atoms with Gasteiger partial charge in [0.05, 0.1) is 6.20 Å². The maximum atomic E-state index is 13.1. The highest BCUT2D eigenvalue weighted by molar-refractivity contribution is 14.0. The molecule has 2 aromatic rings. The highest BCUT2D eigenvalue weighted by Gasteiger charge is 2.08. The van der Waals surface area contributed by atoms with Gasteiger partial charge in [-0.1, -0.05) is 17.7 Å². The lowest BCUT2D eigenvalue weighted by atomic mass is 10.1. The number of aromatic nitrogens is 2. The van der Waals surface area contributed by atoms with E-state index in [1.54, 1.807) is 10.7 Å². The van der Waals surface area contributed by atoms with Crippen LogP contribution in [0.3, 0.4) is 0 Å². The molecule has 1 N–H and O–H groups in total. The molecule has 0 aliphatic carbocycles. The second kappa shape index (κ2) is 10.6. The standard InChI is InChI=1S/C17H23ClFN5.HI/c1-4-20-17(23(2)11-13-10-22-24(3)12-13)21-8-7-14-5-6-15(19)9-16(14)18;/h5-6,9-10,12H,4,7-8,11H2,1-3H3,(H,20,21);1H. The summed E-state index contributed by atoms with van der Waals surface area (Å²) in [6, 6.07) is 4.46. The van der Waals surface area contributed by atoms with Crippen molar-refractivity contribution in [2.45, 2.75) is 19.9 Å². The minimum atomic E-state index is -0.322. The Labute approximate surface area is 170 Å². The van der Waals surface area contributed by atoms with Gasteiger partial charge in [-0.25, -0.2) is 4.39 Å². The van der Waals surface area contributed by atoms with Crippen LogP contribution in [0, 0.1) is 5.82 Å². The first-order chi connectivity index (χ1) is 11.5.